The van der Waals surface area contributed by atoms with Crippen LogP contribution in [0.1, 0.15) is 44.5 Å². The molecule has 8 rings (SSSR count). The van der Waals surface area contributed by atoms with Crippen LogP contribution in [0.15, 0.2) is 194 Å². The van der Waals surface area contributed by atoms with Gasteiger partial charge in [0, 0.05) is 79.1 Å². The Balaban J connectivity index is 1.21. The SMILES string of the molecule is CN(C)c1ccc(/C=C/c2ccc([P+](c3ccc(/C=C/c4ccc(N(C)C)cc4)cc3)(c3ccc(/C=C/c4ccc(N(C)C)cc4)cc3)c3ccc(/C=C/c4ccc(N(C)C)cc4)cc3)cc2)cc1. The van der Waals surface area contributed by atoms with Crippen molar-refractivity contribution in [2.45, 2.75) is 0 Å². The van der Waals surface area contributed by atoms with Gasteiger partial charge >= 0.3 is 0 Å². The van der Waals surface area contributed by atoms with Gasteiger partial charge in [0.2, 0.25) is 0 Å². The summed E-state index contributed by atoms with van der Waals surface area (Å²) in [5.74, 6) is 0. The van der Waals surface area contributed by atoms with Gasteiger partial charge in [-0.3, -0.25) is 0 Å². The van der Waals surface area contributed by atoms with Crippen molar-refractivity contribution >= 4 is 99.8 Å². The standard InChI is InChI=1S/C64H64N4P/c1-65(2)57-33-17-49(18-34-57)9-13-53-25-41-61(42-26-53)69(62-43-27-54(28-44-62)14-10-50-19-35-58(36-20-50)66(3)4,63-45-29-55(30-46-63)15-11-51-21-37-59(38-22-51)67(5)6)64-47-31-56(32-48-64)16-12-52-23-39-60(40-24-52)68(7)8/h9-48H,1-8H3/q+1/b13-9+,14-10+,15-11+,16-12+. The van der Waals surface area contributed by atoms with Gasteiger partial charge in [-0.25, -0.2) is 0 Å². The van der Waals surface area contributed by atoms with Crippen molar-refractivity contribution in [3.63, 3.8) is 0 Å². The zero-order valence-corrected chi connectivity index (χ0v) is 42.2. The fourth-order valence-corrected chi connectivity index (χ4v) is 12.6. The Kier molecular flexibility index (Phi) is 15.2. The summed E-state index contributed by atoms with van der Waals surface area (Å²) in [6, 6.07) is 71.9. The second-order valence-electron chi connectivity index (χ2n) is 18.3. The van der Waals surface area contributed by atoms with Gasteiger partial charge in [-0.05, 0) is 142 Å². The minimum absolute atomic E-state index is 1.16. The van der Waals surface area contributed by atoms with Crippen molar-refractivity contribution in [1.82, 2.24) is 0 Å². The summed E-state index contributed by atoms with van der Waals surface area (Å²) in [7, 11) is 14.1. The second kappa shape index (κ2) is 22.0. The highest BCUT2D eigenvalue weighted by Gasteiger charge is 2.48. The molecule has 4 nitrogen and oxygen atoms in total. The smallest absolute Gasteiger partial charge is 0.144 e. The van der Waals surface area contributed by atoms with E-state index in [0.29, 0.717) is 0 Å². The Morgan fingerprint density at radius 1 is 0.203 bits per heavy atom. The van der Waals surface area contributed by atoms with Gasteiger partial charge < -0.3 is 19.6 Å². The maximum absolute atomic E-state index is 2.47. The molecule has 0 aliphatic rings. The summed E-state index contributed by atoms with van der Waals surface area (Å²) < 4.78 is 0. The highest BCUT2D eigenvalue weighted by atomic mass is 31.2. The summed E-state index contributed by atoms with van der Waals surface area (Å²) in [6.45, 7) is 0. The predicted octanol–water partition coefficient (Wildman–Crippen LogP) is 13.3. The molecule has 0 spiro atoms. The molecule has 0 atom stereocenters. The number of rotatable bonds is 16. The molecule has 0 aromatic heterocycles. The fourth-order valence-electron chi connectivity index (χ4n) is 8.43. The number of anilines is 4. The molecule has 344 valence electrons. The number of benzene rings is 8. The minimum atomic E-state index is -2.47. The van der Waals surface area contributed by atoms with E-state index in [9.17, 15) is 0 Å². The predicted molar refractivity (Wildman–Crippen MR) is 310 cm³/mol. The molecule has 0 aliphatic carbocycles. The lowest BCUT2D eigenvalue weighted by Gasteiger charge is -2.28. The third kappa shape index (κ3) is 11.7. The van der Waals surface area contributed by atoms with Crippen LogP contribution in [0.2, 0.25) is 0 Å². The first kappa shape index (κ1) is 47.8. The summed E-state index contributed by atoms with van der Waals surface area (Å²) in [4.78, 5) is 8.51. The lowest BCUT2D eigenvalue weighted by Crippen LogP contribution is -2.38. The lowest BCUT2D eigenvalue weighted by molar-refractivity contribution is 1.13. The summed E-state index contributed by atoms with van der Waals surface area (Å²) >= 11 is 0. The van der Waals surface area contributed by atoms with E-state index in [4.69, 9.17) is 0 Å². The molecule has 8 aromatic carbocycles. The van der Waals surface area contributed by atoms with Crippen molar-refractivity contribution in [2.24, 2.45) is 0 Å². The van der Waals surface area contributed by atoms with E-state index in [0.717, 1.165) is 22.3 Å². The van der Waals surface area contributed by atoms with Crippen molar-refractivity contribution in [1.29, 1.82) is 0 Å². The molecule has 0 heterocycles. The van der Waals surface area contributed by atoms with E-state index >= 15 is 0 Å². The second-order valence-corrected chi connectivity index (χ2v) is 21.7. The summed E-state index contributed by atoms with van der Waals surface area (Å²) in [5, 5.41) is 5.20. The molecule has 8 aromatic rings. The highest BCUT2D eigenvalue weighted by Crippen LogP contribution is 2.54. The largest absolute Gasteiger partial charge is 0.378 e. The average Bonchev–Trinajstić information content (AvgIpc) is 3.38. The maximum Gasteiger partial charge on any atom is 0.144 e. The first-order valence-corrected chi connectivity index (χ1v) is 25.4. The van der Waals surface area contributed by atoms with Crippen molar-refractivity contribution in [3.8, 4) is 0 Å². The van der Waals surface area contributed by atoms with Crippen molar-refractivity contribution in [2.75, 3.05) is 76.0 Å². The van der Waals surface area contributed by atoms with Crippen LogP contribution in [-0.4, -0.2) is 56.4 Å². The van der Waals surface area contributed by atoms with Crippen molar-refractivity contribution < 1.29 is 0 Å². The number of hydrogen-bond donors (Lipinski definition) is 0. The van der Waals surface area contributed by atoms with Gasteiger partial charge in [-0.2, -0.15) is 0 Å². The molecule has 0 unspecified atom stereocenters. The molecule has 5 heteroatoms. The Morgan fingerprint density at radius 3 is 0.464 bits per heavy atom. The van der Waals surface area contributed by atoms with E-state index in [2.05, 4.69) is 319 Å². The summed E-state index contributed by atoms with van der Waals surface area (Å²) in [6.07, 6.45) is 17.7. The van der Waals surface area contributed by atoms with Crippen LogP contribution in [0.3, 0.4) is 0 Å². The minimum Gasteiger partial charge on any atom is -0.378 e. The zero-order chi connectivity index (χ0) is 48.3. The van der Waals surface area contributed by atoms with E-state index in [1.54, 1.807) is 0 Å². The van der Waals surface area contributed by atoms with Crippen LogP contribution in [0.5, 0.6) is 0 Å². The molecule has 0 bridgehead atoms. The van der Waals surface area contributed by atoms with Crippen LogP contribution < -0.4 is 40.8 Å². The molecule has 0 radical (unpaired) electrons. The van der Waals surface area contributed by atoms with Gasteiger partial charge in [0.25, 0.3) is 0 Å². The third-order valence-electron chi connectivity index (χ3n) is 12.6. The Bertz CT molecular complexity index is 2590. The number of nitrogens with zero attached hydrogens (tertiary/aromatic N) is 4. The Hall–Kier alpha value is -7.65. The van der Waals surface area contributed by atoms with Crippen LogP contribution in [0, 0.1) is 0 Å². The highest BCUT2D eigenvalue weighted by molar-refractivity contribution is 8.01. The molecule has 0 saturated heterocycles. The molecular weight excluding hydrogens is 856 g/mol. The molecule has 69 heavy (non-hydrogen) atoms. The summed E-state index contributed by atoms with van der Waals surface area (Å²) in [5.41, 5.74) is 14.1. The fraction of sp³-hybridized carbons (Fsp3) is 0.125. The van der Waals surface area contributed by atoms with Gasteiger partial charge in [0.1, 0.15) is 28.5 Å². The lowest BCUT2D eigenvalue weighted by atomic mass is 10.1. The van der Waals surface area contributed by atoms with E-state index < -0.39 is 7.26 Å². The third-order valence-corrected chi connectivity index (χ3v) is 16.9. The number of hydrogen-bond acceptors (Lipinski definition) is 4. The molecular formula is C64H64N4P+. The molecule has 0 fully saturated rings. The maximum atomic E-state index is 2.37. The van der Waals surface area contributed by atoms with E-state index in [1.807, 2.05) is 0 Å². The Morgan fingerprint density at radius 2 is 0.333 bits per heavy atom. The zero-order valence-electron chi connectivity index (χ0n) is 41.3. The van der Waals surface area contributed by atoms with Gasteiger partial charge in [0.15, 0.2) is 0 Å². The van der Waals surface area contributed by atoms with Crippen LogP contribution >= 0.6 is 7.26 Å². The van der Waals surface area contributed by atoms with E-state index in [1.165, 1.54) is 66.2 Å². The quantitative estimate of drug-likeness (QED) is 0.0707. The van der Waals surface area contributed by atoms with Gasteiger partial charge in [-0.15, -0.1) is 0 Å². The van der Waals surface area contributed by atoms with Crippen LogP contribution in [0.4, 0.5) is 22.7 Å². The average molecular weight is 920 g/mol. The molecule has 0 saturated carbocycles. The van der Waals surface area contributed by atoms with E-state index in [-0.39, 0.29) is 0 Å². The van der Waals surface area contributed by atoms with Crippen molar-refractivity contribution in [3.05, 3.63) is 239 Å². The van der Waals surface area contributed by atoms with Crippen LogP contribution in [0.25, 0.3) is 48.6 Å². The Labute approximate surface area is 412 Å². The first-order chi connectivity index (χ1) is 33.4. The molecule has 0 amide bonds. The molecule has 0 N–H and O–H groups in total. The van der Waals surface area contributed by atoms with Gasteiger partial charge in [-0.1, -0.05) is 146 Å². The first-order valence-electron chi connectivity index (χ1n) is 23.6. The van der Waals surface area contributed by atoms with Gasteiger partial charge in [0.05, 0.1) is 0 Å². The molecule has 0 aliphatic heterocycles. The normalized spacial score (nSPS) is 11.8. The monoisotopic (exact) mass is 919 g/mol. The van der Waals surface area contributed by atoms with Crippen LogP contribution in [-0.2, 0) is 0 Å². The topological polar surface area (TPSA) is 13.0 Å².